The van der Waals surface area contributed by atoms with Gasteiger partial charge in [0, 0.05) is 30.7 Å². The van der Waals surface area contributed by atoms with E-state index in [1.807, 2.05) is 0 Å². The van der Waals surface area contributed by atoms with Crippen molar-refractivity contribution in [1.82, 2.24) is 20.8 Å². The molecule has 1 saturated carbocycles. The molecule has 1 aromatic heterocycles. The summed E-state index contributed by atoms with van der Waals surface area (Å²) in [6.45, 7) is 1.76. The molecule has 1 aliphatic carbocycles. The van der Waals surface area contributed by atoms with Gasteiger partial charge in [0.05, 0.1) is 23.2 Å². The molecule has 6 nitrogen and oxygen atoms in total. The Balaban J connectivity index is 2.07. The molecule has 1 fully saturated rings. The molecule has 0 saturated heterocycles. The lowest BCUT2D eigenvalue weighted by Gasteiger charge is -2.26. The molecule has 1 atom stereocenters. The lowest BCUT2D eigenvalue weighted by molar-refractivity contribution is -0.267. The summed E-state index contributed by atoms with van der Waals surface area (Å²) < 4.78 is 109. The molecular weight excluding hydrogens is 548 g/mol. The molecule has 1 aliphatic rings. The van der Waals surface area contributed by atoms with Gasteiger partial charge in [-0.1, -0.05) is 17.7 Å². The topological polar surface area (TPSA) is 88.9 Å². The van der Waals surface area contributed by atoms with Crippen molar-refractivity contribution in [3.8, 4) is 17.3 Å². The van der Waals surface area contributed by atoms with Crippen LogP contribution in [0.2, 0.25) is 5.02 Å². The highest BCUT2D eigenvalue weighted by atomic mass is 35.5. The van der Waals surface area contributed by atoms with Crippen LogP contribution in [-0.4, -0.2) is 53.8 Å². The Morgan fingerprint density at radius 1 is 1.16 bits per heavy atom. The van der Waals surface area contributed by atoms with Crippen molar-refractivity contribution in [2.75, 3.05) is 14.1 Å². The molecule has 206 valence electrons. The number of aliphatic imine (C=N–C) groups is 1. The number of H-pyrrole nitrogens is 1. The summed E-state index contributed by atoms with van der Waals surface area (Å²) in [5, 5.41) is 20.3. The number of rotatable bonds is 8. The maximum atomic E-state index is 14.1. The molecule has 0 bridgehead atoms. The van der Waals surface area contributed by atoms with Crippen LogP contribution in [0, 0.1) is 11.3 Å². The van der Waals surface area contributed by atoms with Crippen molar-refractivity contribution in [2.24, 2.45) is 4.99 Å². The quantitative estimate of drug-likeness (QED) is 0.266. The largest absolute Gasteiger partial charge is 0.459 e. The van der Waals surface area contributed by atoms with E-state index < -0.39 is 52.5 Å². The summed E-state index contributed by atoms with van der Waals surface area (Å²) in [5.74, 6) is -5.86. The first-order chi connectivity index (χ1) is 17.5. The van der Waals surface area contributed by atoms with Gasteiger partial charge in [0.15, 0.2) is 0 Å². The summed E-state index contributed by atoms with van der Waals surface area (Å²) in [6.07, 6.45) is -10.6. The standard InChI is InChI=1S/C23H21ClF8N6/c1-11(36-20(10-33)6-7-20)13-8-12(4-5-14(13)24)15-9-16(38-37-15)18(34-2)17(22(27,28)29)19(35-3)21(25,26)23(30,31)32/h4-5,8-9,11,35-36H,6-7H2,1-3H3,(H,37,38). The highest BCUT2D eigenvalue weighted by molar-refractivity contribution is 6.31. The van der Waals surface area contributed by atoms with Crippen LogP contribution in [0.1, 0.15) is 37.1 Å². The number of nitrogens with zero attached hydrogens (tertiary/aromatic N) is 3. The molecule has 0 aliphatic heterocycles. The van der Waals surface area contributed by atoms with Crippen LogP contribution in [0.15, 0.2) is 40.5 Å². The van der Waals surface area contributed by atoms with Gasteiger partial charge in [-0.25, -0.2) is 0 Å². The zero-order valence-corrected chi connectivity index (χ0v) is 20.8. The van der Waals surface area contributed by atoms with Crippen LogP contribution in [0.5, 0.6) is 0 Å². The van der Waals surface area contributed by atoms with E-state index in [2.05, 4.69) is 26.6 Å². The van der Waals surface area contributed by atoms with E-state index in [0.717, 1.165) is 13.1 Å². The Hall–Kier alpha value is -3.18. The molecule has 15 heteroatoms. The van der Waals surface area contributed by atoms with Crippen molar-refractivity contribution in [1.29, 1.82) is 5.26 Å². The number of nitriles is 1. The van der Waals surface area contributed by atoms with Crippen molar-refractivity contribution in [2.45, 2.75) is 49.6 Å². The Kier molecular flexibility index (Phi) is 7.87. The van der Waals surface area contributed by atoms with Crippen molar-refractivity contribution < 1.29 is 35.1 Å². The predicted molar refractivity (Wildman–Crippen MR) is 124 cm³/mol. The van der Waals surface area contributed by atoms with E-state index in [0.29, 0.717) is 36.0 Å². The zero-order chi connectivity index (χ0) is 28.7. The van der Waals surface area contributed by atoms with Gasteiger partial charge in [0.1, 0.15) is 16.8 Å². The number of nitrogens with one attached hydrogen (secondary N) is 3. The minimum Gasteiger partial charge on any atom is -0.386 e. The summed E-state index contributed by atoms with van der Waals surface area (Å²) in [7, 11) is 1.34. The van der Waals surface area contributed by atoms with Gasteiger partial charge < -0.3 is 5.32 Å². The maximum Gasteiger partial charge on any atom is 0.459 e. The van der Waals surface area contributed by atoms with Gasteiger partial charge in [0.2, 0.25) is 0 Å². The lowest BCUT2D eigenvalue weighted by Crippen LogP contribution is -2.45. The first kappa shape index (κ1) is 29.4. The van der Waals surface area contributed by atoms with Gasteiger partial charge in [-0.15, -0.1) is 0 Å². The Morgan fingerprint density at radius 2 is 1.79 bits per heavy atom. The van der Waals surface area contributed by atoms with Crippen LogP contribution in [0.25, 0.3) is 11.3 Å². The molecule has 3 rings (SSSR count). The van der Waals surface area contributed by atoms with Crippen LogP contribution in [-0.2, 0) is 0 Å². The van der Waals surface area contributed by atoms with E-state index >= 15 is 0 Å². The van der Waals surface area contributed by atoms with Gasteiger partial charge in [0.25, 0.3) is 0 Å². The fourth-order valence-corrected chi connectivity index (χ4v) is 4.15. The maximum absolute atomic E-state index is 14.1. The number of aromatic nitrogens is 2. The van der Waals surface area contributed by atoms with Crippen LogP contribution in [0.4, 0.5) is 35.1 Å². The number of alkyl halides is 8. The summed E-state index contributed by atoms with van der Waals surface area (Å²) in [4.78, 5) is 3.38. The van der Waals surface area contributed by atoms with E-state index in [-0.39, 0.29) is 5.69 Å². The van der Waals surface area contributed by atoms with E-state index in [1.165, 1.54) is 17.4 Å². The Labute approximate surface area is 216 Å². The molecular formula is C23H21ClF8N6. The number of aromatic amines is 1. The fraction of sp³-hybridized carbons (Fsp3) is 0.435. The third kappa shape index (κ3) is 5.63. The molecule has 1 unspecified atom stereocenters. The monoisotopic (exact) mass is 568 g/mol. The normalized spacial score (nSPS) is 17.5. The number of hydrogen-bond donors (Lipinski definition) is 3. The summed E-state index contributed by atoms with van der Waals surface area (Å²) >= 11 is 6.30. The molecule has 1 heterocycles. The van der Waals surface area contributed by atoms with Crippen LogP contribution in [0.3, 0.4) is 0 Å². The fourth-order valence-electron chi connectivity index (χ4n) is 3.87. The number of benzene rings is 1. The van der Waals surface area contributed by atoms with Crippen molar-refractivity contribution in [3.63, 3.8) is 0 Å². The lowest BCUT2D eigenvalue weighted by atomic mass is 9.99. The van der Waals surface area contributed by atoms with Gasteiger partial charge in [-0.05, 0) is 43.5 Å². The zero-order valence-electron chi connectivity index (χ0n) is 20.0. The van der Waals surface area contributed by atoms with E-state index in [4.69, 9.17) is 11.6 Å². The molecule has 2 aromatic rings. The highest BCUT2D eigenvalue weighted by Gasteiger charge is 2.63. The predicted octanol–water partition coefficient (Wildman–Crippen LogP) is 6.09. The minimum atomic E-state index is -6.31. The van der Waals surface area contributed by atoms with Crippen molar-refractivity contribution in [3.05, 3.63) is 51.8 Å². The first-order valence-electron chi connectivity index (χ1n) is 11.0. The molecule has 38 heavy (non-hydrogen) atoms. The minimum absolute atomic E-state index is 0.0443. The van der Waals surface area contributed by atoms with E-state index in [1.54, 1.807) is 13.0 Å². The Bertz CT molecular complexity index is 1300. The average Bonchev–Trinajstić information content (AvgIpc) is 3.42. The second-order valence-corrected chi connectivity index (χ2v) is 9.01. The average molecular weight is 569 g/mol. The summed E-state index contributed by atoms with van der Waals surface area (Å²) in [5.41, 5.74) is -6.20. The molecule has 0 spiro atoms. The van der Waals surface area contributed by atoms with Crippen LogP contribution >= 0.6 is 11.6 Å². The SMILES string of the molecule is CN=C(C(=C(NC)C(F)(F)C(F)(F)F)C(F)(F)F)c1cc(-c2ccc(Cl)c(C(C)NC3(C#N)CC3)c2)n[nH]1. The number of allylic oxidation sites excluding steroid dienone is 2. The third-order valence-electron chi connectivity index (χ3n) is 5.96. The molecule has 0 radical (unpaired) electrons. The molecule has 1 aromatic carbocycles. The van der Waals surface area contributed by atoms with Gasteiger partial charge >= 0.3 is 18.3 Å². The van der Waals surface area contributed by atoms with Crippen LogP contribution < -0.4 is 10.6 Å². The third-order valence-corrected chi connectivity index (χ3v) is 6.31. The number of hydrogen-bond acceptors (Lipinski definition) is 5. The first-order valence-corrected chi connectivity index (χ1v) is 11.3. The Morgan fingerprint density at radius 3 is 2.26 bits per heavy atom. The highest BCUT2D eigenvalue weighted by Crippen LogP contribution is 2.45. The molecule has 3 N–H and O–H groups in total. The molecule has 0 amide bonds. The number of halogens is 9. The smallest absolute Gasteiger partial charge is 0.386 e. The van der Waals surface area contributed by atoms with Crippen molar-refractivity contribution >= 4 is 17.3 Å². The summed E-state index contributed by atoms with van der Waals surface area (Å²) in [6, 6.07) is 7.41. The van der Waals surface area contributed by atoms with E-state index in [9.17, 15) is 40.4 Å². The second-order valence-electron chi connectivity index (χ2n) is 8.61. The van der Waals surface area contributed by atoms with Gasteiger partial charge in [-0.2, -0.15) is 45.5 Å². The van der Waals surface area contributed by atoms with Gasteiger partial charge in [-0.3, -0.25) is 15.4 Å². The second kappa shape index (κ2) is 10.2.